The highest BCUT2D eigenvalue weighted by atomic mass is 35.5. The maximum absolute atomic E-state index is 13.7. The Kier molecular flexibility index (Phi) is 4.14. The molecule has 0 spiro atoms. The molecule has 1 aromatic rings. The molecule has 0 aliphatic carbocycles. The predicted octanol–water partition coefficient (Wildman–Crippen LogP) is 1.98. The molecule has 0 bridgehead atoms. The van der Waals surface area contributed by atoms with Crippen LogP contribution in [0, 0.1) is 5.82 Å². The van der Waals surface area contributed by atoms with Gasteiger partial charge in [0.25, 0.3) is 0 Å². The lowest BCUT2D eigenvalue weighted by Crippen LogP contribution is -2.09. The Morgan fingerprint density at radius 1 is 1.40 bits per heavy atom. The van der Waals surface area contributed by atoms with Crippen LogP contribution >= 0.6 is 11.6 Å². The van der Waals surface area contributed by atoms with Gasteiger partial charge in [0, 0.05) is 12.1 Å². The van der Waals surface area contributed by atoms with Gasteiger partial charge in [0.15, 0.2) is 11.5 Å². The van der Waals surface area contributed by atoms with E-state index in [9.17, 15) is 4.39 Å². The molecule has 0 saturated heterocycles. The van der Waals surface area contributed by atoms with Gasteiger partial charge in [-0.3, -0.25) is 0 Å². The minimum atomic E-state index is -0.683. The van der Waals surface area contributed by atoms with Gasteiger partial charge < -0.3 is 14.7 Å². The summed E-state index contributed by atoms with van der Waals surface area (Å²) >= 11 is 5.77. The van der Waals surface area contributed by atoms with Gasteiger partial charge in [0.05, 0.1) is 19.2 Å². The summed E-state index contributed by atoms with van der Waals surface area (Å²) in [6, 6.07) is 1.46. The first-order valence-corrected chi connectivity index (χ1v) is 4.49. The minimum Gasteiger partial charge on any atom is -0.493 e. The highest BCUT2D eigenvalue weighted by Crippen LogP contribution is 2.36. The number of rotatable bonds is 4. The van der Waals surface area contributed by atoms with E-state index < -0.39 is 5.82 Å². The molecule has 0 saturated carbocycles. The lowest BCUT2D eigenvalue weighted by atomic mass is 10.2. The van der Waals surface area contributed by atoms with Crippen molar-refractivity contribution in [3.05, 3.63) is 22.5 Å². The van der Waals surface area contributed by atoms with Gasteiger partial charge in [0.1, 0.15) is 0 Å². The molecule has 0 amide bonds. The van der Waals surface area contributed by atoms with E-state index in [1.165, 1.54) is 20.3 Å². The smallest absolute Gasteiger partial charge is 0.208 e. The monoisotopic (exact) mass is 235 g/mol. The van der Waals surface area contributed by atoms with E-state index in [1.807, 2.05) is 5.48 Å². The molecule has 1 rings (SSSR count). The third-order valence-electron chi connectivity index (χ3n) is 1.89. The van der Waals surface area contributed by atoms with Gasteiger partial charge in [-0.1, -0.05) is 11.6 Å². The topological polar surface area (TPSA) is 50.7 Å². The van der Waals surface area contributed by atoms with Crippen LogP contribution in [0.25, 0.3) is 0 Å². The fourth-order valence-electron chi connectivity index (χ4n) is 1.26. The summed E-state index contributed by atoms with van der Waals surface area (Å²) in [6.45, 7) is 0.0316. The molecule has 0 aliphatic rings. The number of hydrogen-bond acceptors (Lipinski definition) is 4. The molecule has 84 valence electrons. The molecule has 0 radical (unpaired) electrons. The van der Waals surface area contributed by atoms with Crippen LogP contribution in [0.3, 0.4) is 0 Å². The van der Waals surface area contributed by atoms with Gasteiger partial charge in [-0.15, -0.1) is 0 Å². The molecule has 2 N–H and O–H groups in total. The van der Waals surface area contributed by atoms with Crippen LogP contribution in [0.5, 0.6) is 11.5 Å². The molecule has 0 aromatic heterocycles. The number of benzene rings is 1. The maximum Gasteiger partial charge on any atom is 0.208 e. The zero-order valence-corrected chi connectivity index (χ0v) is 9.06. The molecule has 0 aliphatic heterocycles. The predicted molar refractivity (Wildman–Crippen MR) is 53.1 cm³/mol. The van der Waals surface area contributed by atoms with Crippen molar-refractivity contribution in [1.82, 2.24) is 5.48 Å². The molecule has 6 heteroatoms. The molecule has 0 heterocycles. The van der Waals surface area contributed by atoms with Crippen LogP contribution in [-0.2, 0) is 6.54 Å². The van der Waals surface area contributed by atoms with Crippen molar-refractivity contribution < 1.29 is 19.1 Å². The Bertz CT molecular complexity index is 360. The SMILES string of the molecule is COc1c(Cl)cc(CNO)c(OC)c1F. The van der Waals surface area contributed by atoms with Crippen LogP contribution in [0.1, 0.15) is 5.56 Å². The molecular weight excluding hydrogens is 225 g/mol. The van der Waals surface area contributed by atoms with Gasteiger partial charge in [-0.25, -0.2) is 5.48 Å². The summed E-state index contributed by atoms with van der Waals surface area (Å²) in [6.07, 6.45) is 0. The van der Waals surface area contributed by atoms with Crippen molar-refractivity contribution in [3.8, 4) is 11.5 Å². The Morgan fingerprint density at radius 2 is 2.00 bits per heavy atom. The van der Waals surface area contributed by atoms with Crippen LogP contribution in [0.2, 0.25) is 5.02 Å². The second-order valence-electron chi connectivity index (χ2n) is 2.73. The summed E-state index contributed by atoms with van der Waals surface area (Å²) in [5.41, 5.74) is 2.31. The summed E-state index contributed by atoms with van der Waals surface area (Å²) in [4.78, 5) is 0. The van der Waals surface area contributed by atoms with E-state index in [-0.39, 0.29) is 23.1 Å². The molecule has 0 fully saturated rings. The van der Waals surface area contributed by atoms with Crippen LogP contribution < -0.4 is 15.0 Å². The van der Waals surface area contributed by atoms with Gasteiger partial charge in [0.2, 0.25) is 5.82 Å². The van der Waals surface area contributed by atoms with Crippen molar-refractivity contribution in [2.45, 2.75) is 6.54 Å². The molecule has 0 unspecified atom stereocenters. The minimum absolute atomic E-state index is 0.00204. The summed E-state index contributed by atoms with van der Waals surface area (Å²) < 4.78 is 23.3. The van der Waals surface area contributed by atoms with Gasteiger partial charge >= 0.3 is 0 Å². The molecule has 4 nitrogen and oxygen atoms in total. The first kappa shape index (κ1) is 12.0. The molecule has 0 atom stereocenters. The Hall–Kier alpha value is -1.04. The van der Waals surface area contributed by atoms with E-state index in [2.05, 4.69) is 0 Å². The Morgan fingerprint density at radius 3 is 2.47 bits per heavy atom. The first-order valence-electron chi connectivity index (χ1n) is 4.11. The molecule has 1 aromatic carbocycles. The fourth-order valence-corrected chi connectivity index (χ4v) is 1.55. The lowest BCUT2D eigenvalue weighted by molar-refractivity contribution is 0.159. The maximum atomic E-state index is 13.7. The number of ether oxygens (including phenoxy) is 2. The molecule has 15 heavy (non-hydrogen) atoms. The fraction of sp³-hybridized carbons (Fsp3) is 0.333. The van der Waals surface area contributed by atoms with E-state index >= 15 is 0 Å². The highest BCUT2D eigenvalue weighted by molar-refractivity contribution is 6.32. The second kappa shape index (κ2) is 5.16. The van der Waals surface area contributed by atoms with Crippen molar-refractivity contribution in [2.75, 3.05) is 14.2 Å². The zero-order valence-electron chi connectivity index (χ0n) is 8.30. The number of methoxy groups -OCH3 is 2. The van der Waals surface area contributed by atoms with Crippen molar-refractivity contribution in [3.63, 3.8) is 0 Å². The summed E-state index contributed by atoms with van der Waals surface area (Å²) in [5, 5.41) is 8.67. The van der Waals surface area contributed by atoms with Crippen LogP contribution in [0.4, 0.5) is 4.39 Å². The van der Waals surface area contributed by atoms with E-state index in [0.29, 0.717) is 5.56 Å². The average molecular weight is 236 g/mol. The standard InChI is InChI=1S/C9H11ClFNO3/c1-14-8-5(4-12-13)3-6(10)9(15-2)7(8)11/h3,12-13H,4H2,1-2H3. The number of halogens is 2. The highest BCUT2D eigenvalue weighted by Gasteiger charge is 2.18. The number of nitrogens with one attached hydrogen (secondary N) is 1. The van der Waals surface area contributed by atoms with Gasteiger partial charge in [-0.2, -0.15) is 4.39 Å². The first-order chi connectivity index (χ1) is 7.15. The Balaban J connectivity index is 3.30. The summed E-state index contributed by atoms with van der Waals surface area (Å²) in [7, 11) is 2.64. The average Bonchev–Trinajstić information content (AvgIpc) is 2.19. The second-order valence-corrected chi connectivity index (χ2v) is 3.14. The van der Waals surface area contributed by atoms with E-state index in [4.69, 9.17) is 26.3 Å². The number of hydrogen-bond donors (Lipinski definition) is 2. The third kappa shape index (κ3) is 2.31. The normalized spacial score (nSPS) is 10.2. The van der Waals surface area contributed by atoms with Crippen LogP contribution in [0.15, 0.2) is 6.07 Å². The Labute approximate surface area is 91.5 Å². The van der Waals surface area contributed by atoms with E-state index in [1.54, 1.807) is 0 Å². The zero-order chi connectivity index (χ0) is 11.4. The van der Waals surface area contributed by atoms with Gasteiger partial charge in [-0.05, 0) is 6.07 Å². The van der Waals surface area contributed by atoms with Crippen molar-refractivity contribution in [2.24, 2.45) is 0 Å². The van der Waals surface area contributed by atoms with Crippen molar-refractivity contribution >= 4 is 11.6 Å². The third-order valence-corrected chi connectivity index (χ3v) is 2.17. The number of hydroxylamine groups is 1. The van der Waals surface area contributed by atoms with E-state index in [0.717, 1.165) is 0 Å². The summed E-state index contributed by atoms with van der Waals surface area (Å²) in [5.74, 6) is -0.759. The quantitative estimate of drug-likeness (QED) is 0.784. The van der Waals surface area contributed by atoms with Crippen molar-refractivity contribution in [1.29, 1.82) is 0 Å². The van der Waals surface area contributed by atoms with Crippen LogP contribution in [-0.4, -0.2) is 19.4 Å². The molecular formula is C9H11ClFNO3. The lowest BCUT2D eigenvalue weighted by Gasteiger charge is -2.13. The largest absolute Gasteiger partial charge is 0.493 e.